The maximum Gasteiger partial charge on any atom is 0.0168 e. The summed E-state index contributed by atoms with van der Waals surface area (Å²) in [5, 5.41) is 3.81. The Morgan fingerprint density at radius 1 is 1.21 bits per heavy atom. The smallest absolute Gasteiger partial charge is 0.0168 e. The second-order valence-electron chi connectivity index (χ2n) is 4.44. The van der Waals surface area contributed by atoms with Crippen LogP contribution in [-0.2, 0) is 0 Å². The number of hydrogen-bond acceptors (Lipinski definition) is 3. The van der Waals surface area contributed by atoms with E-state index in [1.165, 1.54) is 50.4 Å². The van der Waals surface area contributed by atoms with Gasteiger partial charge < -0.3 is 10.2 Å². The van der Waals surface area contributed by atoms with Crippen LogP contribution < -0.4 is 5.32 Å². The van der Waals surface area contributed by atoms with Crippen molar-refractivity contribution in [1.29, 1.82) is 0 Å². The number of piperidine rings is 1. The van der Waals surface area contributed by atoms with Gasteiger partial charge in [0.1, 0.15) is 0 Å². The lowest BCUT2D eigenvalue weighted by Gasteiger charge is -2.33. The summed E-state index contributed by atoms with van der Waals surface area (Å²) in [7, 11) is 0. The normalized spacial score (nSPS) is 31.1. The van der Waals surface area contributed by atoms with E-state index in [1.807, 2.05) is 0 Å². The summed E-state index contributed by atoms with van der Waals surface area (Å²) in [5.41, 5.74) is 0. The molecule has 2 nitrogen and oxygen atoms in total. The molecule has 0 saturated carbocycles. The van der Waals surface area contributed by atoms with Gasteiger partial charge in [0.05, 0.1) is 0 Å². The minimum atomic E-state index is 0.807. The van der Waals surface area contributed by atoms with Crippen LogP contribution in [-0.4, -0.2) is 48.1 Å². The Labute approximate surface area is 91.8 Å². The van der Waals surface area contributed by atoms with E-state index in [9.17, 15) is 0 Å². The monoisotopic (exact) mass is 214 g/mol. The maximum absolute atomic E-state index is 3.81. The Kier molecular flexibility index (Phi) is 4.14. The summed E-state index contributed by atoms with van der Waals surface area (Å²) < 4.78 is 0. The lowest BCUT2D eigenvalue weighted by molar-refractivity contribution is 0.200. The van der Waals surface area contributed by atoms with E-state index in [4.69, 9.17) is 0 Å². The van der Waals surface area contributed by atoms with Crippen LogP contribution in [0.2, 0.25) is 0 Å². The molecular formula is C11H22N2S. The maximum atomic E-state index is 3.81. The van der Waals surface area contributed by atoms with E-state index in [1.54, 1.807) is 0 Å². The largest absolute Gasteiger partial charge is 0.310 e. The Hall–Kier alpha value is 0.270. The molecule has 3 heteroatoms. The van der Waals surface area contributed by atoms with E-state index in [-0.39, 0.29) is 0 Å². The third-order valence-electron chi connectivity index (χ3n) is 3.44. The van der Waals surface area contributed by atoms with Gasteiger partial charge in [-0.1, -0.05) is 6.92 Å². The van der Waals surface area contributed by atoms with Crippen LogP contribution in [0.4, 0.5) is 0 Å². The first-order valence-electron chi connectivity index (χ1n) is 5.94. The molecule has 2 saturated heterocycles. The highest BCUT2D eigenvalue weighted by Crippen LogP contribution is 2.19. The van der Waals surface area contributed by atoms with Crippen LogP contribution >= 0.6 is 11.8 Å². The van der Waals surface area contributed by atoms with Crippen molar-refractivity contribution in [2.45, 2.75) is 38.3 Å². The molecule has 1 N–H and O–H groups in total. The van der Waals surface area contributed by atoms with Gasteiger partial charge in [0, 0.05) is 17.8 Å². The van der Waals surface area contributed by atoms with Crippen LogP contribution in [0, 0.1) is 0 Å². The lowest BCUT2D eigenvalue weighted by atomic mass is 10.0. The first-order chi connectivity index (χ1) is 6.88. The molecule has 14 heavy (non-hydrogen) atoms. The highest BCUT2D eigenvalue weighted by molar-refractivity contribution is 7.99. The molecular weight excluding hydrogens is 192 g/mol. The fourth-order valence-corrected chi connectivity index (χ4v) is 3.58. The lowest BCUT2D eigenvalue weighted by Crippen LogP contribution is -2.46. The summed E-state index contributed by atoms with van der Waals surface area (Å²) >= 11 is 2.10. The second kappa shape index (κ2) is 5.38. The standard InChI is InChI=1S/C11H22N2S/c1-2-13-6-3-10(4-7-13)12-11-5-8-14-9-11/h10-12H,2-9H2,1H3. The van der Waals surface area contributed by atoms with E-state index in [2.05, 4.69) is 28.9 Å². The Balaban J connectivity index is 1.67. The summed E-state index contributed by atoms with van der Waals surface area (Å²) in [6.07, 6.45) is 4.10. The molecule has 0 amide bonds. The van der Waals surface area contributed by atoms with Crippen LogP contribution in [0.5, 0.6) is 0 Å². The molecule has 0 aliphatic carbocycles. The zero-order valence-electron chi connectivity index (χ0n) is 9.17. The number of nitrogens with one attached hydrogen (secondary N) is 1. The summed E-state index contributed by atoms with van der Waals surface area (Å²) in [6.45, 7) is 6.09. The molecule has 2 rings (SSSR count). The van der Waals surface area contributed by atoms with Crippen LogP contribution in [0.1, 0.15) is 26.2 Å². The number of likely N-dealkylation sites (tertiary alicyclic amines) is 1. The van der Waals surface area contributed by atoms with Crippen molar-refractivity contribution in [3.63, 3.8) is 0 Å². The molecule has 0 aromatic carbocycles. The molecule has 1 atom stereocenters. The van der Waals surface area contributed by atoms with Gasteiger partial charge in [-0.3, -0.25) is 0 Å². The van der Waals surface area contributed by atoms with Crippen molar-refractivity contribution in [2.75, 3.05) is 31.1 Å². The topological polar surface area (TPSA) is 15.3 Å². The first kappa shape index (κ1) is 10.8. The summed E-state index contributed by atoms with van der Waals surface area (Å²) in [4.78, 5) is 2.56. The molecule has 0 radical (unpaired) electrons. The number of nitrogens with zero attached hydrogens (tertiary/aromatic N) is 1. The minimum absolute atomic E-state index is 0.807. The third kappa shape index (κ3) is 2.88. The zero-order valence-corrected chi connectivity index (χ0v) is 9.98. The molecule has 0 bridgehead atoms. The van der Waals surface area contributed by atoms with Crippen molar-refractivity contribution >= 4 is 11.8 Å². The van der Waals surface area contributed by atoms with Crippen LogP contribution in [0.3, 0.4) is 0 Å². The first-order valence-corrected chi connectivity index (χ1v) is 7.10. The molecule has 1 unspecified atom stereocenters. The molecule has 2 fully saturated rings. The molecule has 0 spiro atoms. The average Bonchev–Trinajstić information content (AvgIpc) is 2.72. The number of hydrogen-bond donors (Lipinski definition) is 1. The van der Waals surface area contributed by atoms with E-state index < -0.39 is 0 Å². The molecule has 0 aromatic rings. The molecule has 2 aliphatic rings. The minimum Gasteiger partial charge on any atom is -0.310 e. The molecule has 2 aliphatic heterocycles. The highest BCUT2D eigenvalue weighted by atomic mass is 32.2. The van der Waals surface area contributed by atoms with E-state index in [0.717, 1.165) is 12.1 Å². The summed E-state index contributed by atoms with van der Waals surface area (Å²) in [5.74, 6) is 2.71. The van der Waals surface area contributed by atoms with E-state index >= 15 is 0 Å². The number of thioether (sulfide) groups is 1. The Bertz CT molecular complexity index is 161. The van der Waals surface area contributed by atoms with Gasteiger partial charge in [-0.2, -0.15) is 11.8 Å². The Morgan fingerprint density at radius 2 is 2.00 bits per heavy atom. The van der Waals surface area contributed by atoms with Gasteiger partial charge in [-0.15, -0.1) is 0 Å². The predicted octanol–water partition coefficient (Wildman–Crippen LogP) is 1.57. The zero-order chi connectivity index (χ0) is 9.80. The van der Waals surface area contributed by atoms with Crippen LogP contribution in [0.25, 0.3) is 0 Å². The summed E-state index contributed by atoms with van der Waals surface area (Å²) in [6, 6.07) is 1.62. The second-order valence-corrected chi connectivity index (χ2v) is 5.59. The van der Waals surface area contributed by atoms with Gasteiger partial charge in [-0.05, 0) is 44.6 Å². The highest BCUT2D eigenvalue weighted by Gasteiger charge is 2.22. The van der Waals surface area contributed by atoms with Gasteiger partial charge in [0.25, 0.3) is 0 Å². The molecule has 0 aromatic heterocycles. The van der Waals surface area contributed by atoms with Crippen molar-refractivity contribution in [3.05, 3.63) is 0 Å². The van der Waals surface area contributed by atoms with Gasteiger partial charge >= 0.3 is 0 Å². The van der Waals surface area contributed by atoms with Gasteiger partial charge in [0.2, 0.25) is 0 Å². The van der Waals surface area contributed by atoms with Gasteiger partial charge in [0.15, 0.2) is 0 Å². The quantitative estimate of drug-likeness (QED) is 0.768. The third-order valence-corrected chi connectivity index (χ3v) is 4.60. The van der Waals surface area contributed by atoms with Crippen molar-refractivity contribution in [1.82, 2.24) is 10.2 Å². The van der Waals surface area contributed by atoms with Gasteiger partial charge in [-0.25, -0.2) is 0 Å². The fraction of sp³-hybridized carbons (Fsp3) is 1.00. The molecule has 2 heterocycles. The number of rotatable bonds is 3. The van der Waals surface area contributed by atoms with Crippen molar-refractivity contribution < 1.29 is 0 Å². The van der Waals surface area contributed by atoms with Crippen molar-refractivity contribution in [2.24, 2.45) is 0 Å². The average molecular weight is 214 g/mol. The van der Waals surface area contributed by atoms with Crippen molar-refractivity contribution in [3.8, 4) is 0 Å². The SMILES string of the molecule is CCN1CCC(NC2CCSC2)CC1. The van der Waals surface area contributed by atoms with Crippen LogP contribution in [0.15, 0.2) is 0 Å². The Morgan fingerprint density at radius 3 is 2.57 bits per heavy atom. The fourth-order valence-electron chi connectivity index (χ4n) is 2.42. The van der Waals surface area contributed by atoms with E-state index in [0.29, 0.717) is 0 Å². The predicted molar refractivity (Wildman–Crippen MR) is 64.0 cm³/mol. The molecule has 82 valence electrons.